The molecule has 0 heterocycles. The lowest BCUT2D eigenvalue weighted by atomic mass is 9.99. The number of nitrogens with one attached hydrogen (secondary N) is 2. The molecule has 5 heteroatoms. The second kappa shape index (κ2) is 8.29. The molecule has 0 aromatic heterocycles. The summed E-state index contributed by atoms with van der Waals surface area (Å²) in [7, 11) is 0. The number of carbonyl (C=O) groups is 2. The lowest BCUT2D eigenvalue weighted by molar-refractivity contribution is -0.140. The van der Waals surface area contributed by atoms with Gasteiger partial charge in [0.2, 0.25) is 0 Å². The molecule has 0 saturated carbocycles. The molecule has 21 heavy (non-hydrogen) atoms. The number of carboxylic acids is 1. The van der Waals surface area contributed by atoms with Gasteiger partial charge in [-0.05, 0) is 23.5 Å². The van der Waals surface area contributed by atoms with Gasteiger partial charge in [-0.15, -0.1) is 0 Å². The Labute approximate surface area is 125 Å². The summed E-state index contributed by atoms with van der Waals surface area (Å²) in [5.41, 5.74) is 2.22. The highest BCUT2D eigenvalue weighted by atomic mass is 16.4. The second-order valence-electron chi connectivity index (χ2n) is 5.15. The Morgan fingerprint density at radius 3 is 2.33 bits per heavy atom. The number of hydrogen-bond acceptors (Lipinski definition) is 2. The van der Waals surface area contributed by atoms with E-state index < -0.39 is 18.0 Å². The fourth-order valence-corrected chi connectivity index (χ4v) is 2.13. The van der Waals surface area contributed by atoms with Crippen molar-refractivity contribution in [2.24, 2.45) is 5.92 Å². The van der Waals surface area contributed by atoms with Gasteiger partial charge in [-0.1, -0.05) is 51.5 Å². The van der Waals surface area contributed by atoms with Crippen molar-refractivity contribution in [3.05, 3.63) is 35.4 Å². The van der Waals surface area contributed by atoms with Gasteiger partial charge in [0, 0.05) is 6.54 Å². The molecule has 0 aliphatic heterocycles. The molecule has 0 aliphatic carbocycles. The summed E-state index contributed by atoms with van der Waals surface area (Å²) >= 11 is 0. The van der Waals surface area contributed by atoms with Crippen molar-refractivity contribution in [3.8, 4) is 0 Å². The van der Waals surface area contributed by atoms with Crippen LogP contribution in [-0.4, -0.2) is 23.1 Å². The third-order valence-corrected chi connectivity index (χ3v) is 3.70. The number of urea groups is 1. The van der Waals surface area contributed by atoms with Crippen LogP contribution in [0.15, 0.2) is 24.3 Å². The first kappa shape index (κ1) is 17.0. The fraction of sp³-hybridized carbons (Fsp3) is 0.500. The summed E-state index contributed by atoms with van der Waals surface area (Å²) < 4.78 is 0. The van der Waals surface area contributed by atoms with E-state index in [0.29, 0.717) is 13.0 Å². The van der Waals surface area contributed by atoms with Gasteiger partial charge in [-0.25, -0.2) is 9.59 Å². The zero-order chi connectivity index (χ0) is 15.8. The highest BCUT2D eigenvalue weighted by Crippen LogP contribution is 2.10. The molecule has 1 aromatic rings. The van der Waals surface area contributed by atoms with Crippen LogP contribution in [0.1, 0.15) is 38.3 Å². The van der Waals surface area contributed by atoms with E-state index in [1.165, 1.54) is 5.56 Å². The summed E-state index contributed by atoms with van der Waals surface area (Å²) in [5.74, 6) is -1.12. The average Bonchev–Trinajstić information content (AvgIpc) is 2.49. The molecule has 1 aromatic carbocycles. The van der Waals surface area contributed by atoms with Crippen LogP contribution in [0.4, 0.5) is 4.79 Å². The minimum Gasteiger partial charge on any atom is -0.480 e. The number of amides is 2. The van der Waals surface area contributed by atoms with E-state index in [1.54, 1.807) is 0 Å². The summed E-state index contributed by atoms with van der Waals surface area (Å²) in [6.07, 6.45) is 1.58. The van der Waals surface area contributed by atoms with E-state index in [1.807, 2.05) is 38.1 Å². The maximum Gasteiger partial charge on any atom is 0.326 e. The van der Waals surface area contributed by atoms with Gasteiger partial charge in [0.15, 0.2) is 0 Å². The monoisotopic (exact) mass is 292 g/mol. The quantitative estimate of drug-likeness (QED) is 0.722. The molecule has 2 atom stereocenters. The van der Waals surface area contributed by atoms with Gasteiger partial charge in [-0.3, -0.25) is 0 Å². The van der Waals surface area contributed by atoms with Gasteiger partial charge in [0.1, 0.15) is 6.04 Å². The first-order valence-corrected chi connectivity index (χ1v) is 7.33. The first-order valence-electron chi connectivity index (χ1n) is 7.33. The minimum atomic E-state index is -1.01. The second-order valence-corrected chi connectivity index (χ2v) is 5.15. The van der Waals surface area contributed by atoms with Crippen LogP contribution in [0.2, 0.25) is 0 Å². The Morgan fingerprint density at radius 2 is 1.81 bits per heavy atom. The van der Waals surface area contributed by atoms with Gasteiger partial charge in [0.05, 0.1) is 0 Å². The van der Waals surface area contributed by atoms with Crippen molar-refractivity contribution >= 4 is 12.0 Å². The Hall–Kier alpha value is -2.04. The van der Waals surface area contributed by atoms with Crippen molar-refractivity contribution in [1.82, 2.24) is 10.6 Å². The van der Waals surface area contributed by atoms with Crippen LogP contribution in [0, 0.1) is 5.92 Å². The lowest BCUT2D eigenvalue weighted by Gasteiger charge is -2.20. The van der Waals surface area contributed by atoms with Crippen LogP contribution in [0.5, 0.6) is 0 Å². The van der Waals surface area contributed by atoms with Crippen LogP contribution in [0.3, 0.4) is 0 Å². The molecule has 0 fully saturated rings. The van der Waals surface area contributed by atoms with E-state index in [2.05, 4.69) is 17.6 Å². The molecule has 0 spiro atoms. The standard InChI is InChI=1S/C16H24N2O3/c1-4-11(3)14(15(19)20)18-16(21)17-10-13-9-7-6-8-12(13)5-2/h6-9,11,14H,4-5,10H2,1-3H3,(H,19,20)(H2,17,18,21)/t11-,14-/m0/s1. The minimum absolute atomic E-state index is 0.115. The zero-order valence-corrected chi connectivity index (χ0v) is 12.8. The Morgan fingerprint density at radius 1 is 1.19 bits per heavy atom. The summed E-state index contributed by atoms with van der Waals surface area (Å²) in [6.45, 7) is 6.16. The fourth-order valence-electron chi connectivity index (χ4n) is 2.13. The molecule has 5 nitrogen and oxygen atoms in total. The number of aliphatic carboxylic acids is 1. The summed E-state index contributed by atoms with van der Waals surface area (Å²) in [6, 6.07) is 6.56. The highest BCUT2D eigenvalue weighted by Gasteiger charge is 2.25. The molecule has 0 bridgehead atoms. The maximum atomic E-state index is 11.9. The average molecular weight is 292 g/mol. The third-order valence-electron chi connectivity index (χ3n) is 3.70. The van der Waals surface area contributed by atoms with E-state index in [4.69, 9.17) is 5.11 Å². The Kier molecular flexibility index (Phi) is 6.72. The topological polar surface area (TPSA) is 78.4 Å². The largest absolute Gasteiger partial charge is 0.480 e. The smallest absolute Gasteiger partial charge is 0.326 e. The van der Waals surface area contributed by atoms with Gasteiger partial charge in [0.25, 0.3) is 0 Å². The summed E-state index contributed by atoms with van der Waals surface area (Å²) in [5, 5.41) is 14.4. The molecule has 116 valence electrons. The molecule has 2 amide bonds. The maximum absolute atomic E-state index is 11.9. The van der Waals surface area contributed by atoms with Gasteiger partial charge < -0.3 is 15.7 Å². The summed E-state index contributed by atoms with van der Waals surface area (Å²) in [4.78, 5) is 23.0. The molecule has 3 N–H and O–H groups in total. The van der Waals surface area contributed by atoms with Gasteiger partial charge >= 0.3 is 12.0 Å². The van der Waals surface area contributed by atoms with Crippen molar-refractivity contribution in [1.29, 1.82) is 0 Å². The number of carboxylic acid groups (broad SMARTS) is 1. The first-order chi connectivity index (χ1) is 9.99. The van der Waals surface area contributed by atoms with E-state index >= 15 is 0 Å². The predicted molar refractivity (Wildman–Crippen MR) is 82.1 cm³/mol. The third kappa shape index (κ3) is 5.10. The van der Waals surface area contributed by atoms with Crippen molar-refractivity contribution in [3.63, 3.8) is 0 Å². The van der Waals surface area contributed by atoms with E-state index in [9.17, 15) is 9.59 Å². The number of benzene rings is 1. The molecule has 1 rings (SSSR count). The Balaban J connectivity index is 2.59. The molecular weight excluding hydrogens is 268 g/mol. The molecule has 0 aliphatic rings. The molecule has 0 saturated heterocycles. The van der Waals surface area contributed by atoms with Crippen LogP contribution >= 0.6 is 0 Å². The highest BCUT2D eigenvalue weighted by molar-refractivity contribution is 5.82. The van der Waals surface area contributed by atoms with Crippen LogP contribution in [0.25, 0.3) is 0 Å². The van der Waals surface area contributed by atoms with Crippen LogP contribution in [-0.2, 0) is 17.8 Å². The lowest BCUT2D eigenvalue weighted by Crippen LogP contribution is -2.48. The van der Waals surface area contributed by atoms with Crippen LogP contribution < -0.4 is 10.6 Å². The Bertz CT molecular complexity index is 488. The van der Waals surface area contributed by atoms with Gasteiger partial charge in [-0.2, -0.15) is 0 Å². The van der Waals surface area contributed by atoms with Crippen molar-refractivity contribution in [2.45, 2.75) is 46.2 Å². The number of rotatable bonds is 7. The predicted octanol–water partition coefficient (Wildman–Crippen LogP) is 2.55. The number of aryl methyl sites for hydroxylation is 1. The van der Waals surface area contributed by atoms with E-state index in [-0.39, 0.29) is 5.92 Å². The molecule has 0 unspecified atom stereocenters. The SMILES string of the molecule is CCc1ccccc1CNC(=O)N[C@H](C(=O)O)[C@@H](C)CC. The zero-order valence-electron chi connectivity index (χ0n) is 12.8. The van der Waals surface area contributed by atoms with Crippen molar-refractivity contribution < 1.29 is 14.7 Å². The molecular formula is C16H24N2O3. The van der Waals surface area contributed by atoms with Crippen molar-refractivity contribution in [2.75, 3.05) is 0 Å². The van der Waals surface area contributed by atoms with E-state index in [0.717, 1.165) is 12.0 Å². The normalized spacial score (nSPS) is 13.3. The molecule has 0 radical (unpaired) electrons. The number of hydrogen-bond donors (Lipinski definition) is 3. The number of carbonyl (C=O) groups excluding carboxylic acids is 1.